The van der Waals surface area contributed by atoms with Crippen molar-refractivity contribution in [3.05, 3.63) is 0 Å². The topological polar surface area (TPSA) is 127 Å². The summed E-state index contributed by atoms with van der Waals surface area (Å²) in [7, 11) is 0. The molecule has 0 heterocycles. The number of carbonyl (C=O) groups excluding carboxylic acids is 1. The second-order valence-corrected chi connectivity index (χ2v) is 13.7. The molecule has 0 unspecified atom stereocenters. The maximum atomic E-state index is 12.6. The van der Waals surface area contributed by atoms with Crippen LogP contribution in [0.15, 0.2) is 0 Å². The summed E-state index contributed by atoms with van der Waals surface area (Å²) in [4.78, 5) is 24.0. The fourth-order valence-electron chi connectivity index (χ4n) is 9.53. The van der Waals surface area contributed by atoms with Crippen LogP contribution in [0.5, 0.6) is 0 Å². The number of rotatable bonds is 7. The Kier molecular flexibility index (Phi) is 7.87. The molecule has 0 saturated heterocycles. The van der Waals surface area contributed by atoms with Crippen molar-refractivity contribution in [2.75, 3.05) is 0 Å². The monoisotopic (exact) mass is 507 g/mol. The average molecular weight is 508 g/mol. The molecule has 0 aliphatic heterocycles. The maximum Gasteiger partial charge on any atom is 0.326 e. The summed E-state index contributed by atoms with van der Waals surface area (Å²) < 4.78 is 0. The minimum atomic E-state index is -0.994. The normalized spacial score (nSPS) is 45.8. The van der Waals surface area contributed by atoms with Crippen molar-refractivity contribution in [1.29, 1.82) is 0 Å². The minimum absolute atomic E-state index is 0.0389. The van der Waals surface area contributed by atoms with Crippen molar-refractivity contribution in [2.45, 2.75) is 117 Å². The predicted octanol–water partition coefficient (Wildman–Crippen LogP) is 3.59. The quantitative estimate of drug-likeness (QED) is 0.358. The minimum Gasteiger partial charge on any atom is -0.480 e. The zero-order valence-corrected chi connectivity index (χ0v) is 22.8. The van der Waals surface area contributed by atoms with E-state index < -0.39 is 24.2 Å². The molecule has 0 bridgehead atoms. The van der Waals surface area contributed by atoms with Crippen LogP contribution in [0.4, 0.5) is 0 Å². The number of nitrogens with one attached hydrogen (secondary N) is 1. The molecule has 5 N–H and O–H groups in total. The first-order chi connectivity index (χ1) is 16.8. The molecule has 0 aromatic heterocycles. The molecule has 4 rings (SSSR count). The Morgan fingerprint density at radius 3 is 2.17 bits per heavy atom. The Labute approximate surface area is 216 Å². The highest BCUT2D eigenvalue weighted by molar-refractivity contribution is 5.83. The Balaban J connectivity index is 1.44. The number of aliphatic hydroxyl groups excluding tert-OH is 3. The molecule has 0 radical (unpaired) electrons. The number of carboxylic acid groups (broad SMARTS) is 1. The van der Waals surface area contributed by atoms with E-state index in [1.165, 1.54) is 0 Å². The first-order valence-corrected chi connectivity index (χ1v) is 14.4. The molecule has 12 atom stereocenters. The van der Waals surface area contributed by atoms with E-state index in [-0.39, 0.29) is 40.6 Å². The van der Waals surface area contributed by atoms with Gasteiger partial charge in [-0.2, -0.15) is 0 Å². The molecule has 4 fully saturated rings. The van der Waals surface area contributed by atoms with E-state index >= 15 is 0 Å². The van der Waals surface area contributed by atoms with Crippen LogP contribution < -0.4 is 5.32 Å². The number of fused-ring (bicyclic) bond motifs is 5. The third-order valence-electron chi connectivity index (χ3n) is 11.6. The van der Waals surface area contributed by atoms with E-state index in [0.717, 1.165) is 44.9 Å². The number of aliphatic carboxylic acids is 1. The van der Waals surface area contributed by atoms with Crippen LogP contribution in [0, 0.1) is 52.3 Å². The van der Waals surface area contributed by atoms with Gasteiger partial charge in [0, 0.05) is 6.42 Å². The predicted molar refractivity (Wildman–Crippen MR) is 137 cm³/mol. The number of aliphatic hydroxyl groups is 3. The van der Waals surface area contributed by atoms with Gasteiger partial charge in [-0.25, -0.2) is 4.79 Å². The van der Waals surface area contributed by atoms with Gasteiger partial charge in [0.05, 0.1) is 18.3 Å². The average Bonchev–Trinajstić information content (AvgIpc) is 3.17. The first kappa shape index (κ1) is 27.8. The zero-order chi connectivity index (χ0) is 26.6. The Bertz CT molecular complexity index is 833. The van der Waals surface area contributed by atoms with E-state index in [2.05, 4.69) is 26.1 Å². The molecule has 4 aliphatic rings. The summed E-state index contributed by atoms with van der Waals surface area (Å²) in [6.07, 6.45) is 5.67. The van der Waals surface area contributed by atoms with E-state index in [9.17, 15) is 30.0 Å². The fraction of sp³-hybridized carbons (Fsp3) is 0.931. The van der Waals surface area contributed by atoms with Crippen molar-refractivity contribution in [1.82, 2.24) is 5.32 Å². The Morgan fingerprint density at radius 2 is 1.53 bits per heavy atom. The molecule has 36 heavy (non-hydrogen) atoms. The van der Waals surface area contributed by atoms with Gasteiger partial charge < -0.3 is 25.7 Å². The molecule has 0 aromatic carbocycles. The van der Waals surface area contributed by atoms with Crippen LogP contribution in [0.25, 0.3) is 0 Å². The van der Waals surface area contributed by atoms with E-state index in [1.807, 2.05) is 0 Å². The summed E-state index contributed by atoms with van der Waals surface area (Å²) in [5.74, 6) is 0.166. The summed E-state index contributed by atoms with van der Waals surface area (Å²) in [5, 5.41) is 45.0. The number of carboxylic acids is 1. The fourth-order valence-corrected chi connectivity index (χ4v) is 9.53. The van der Waals surface area contributed by atoms with Crippen LogP contribution >= 0.6 is 0 Å². The number of carbonyl (C=O) groups is 2. The van der Waals surface area contributed by atoms with E-state index in [0.29, 0.717) is 36.5 Å². The third kappa shape index (κ3) is 4.62. The van der Waals surface area contributed by atoms with Crippen LogP contribution in [0.3, 0.4) is 0 Å². The second-order valence-electron chi connectivity index (χ2n) is 13.7. The lowest BCUT2D eigenvalue weighted by Crippen LogP contribution is -2.64. The number of hydrogen-bond donors (Lipinski definition) is 5. The van der Waals surface area contributed by atoms with Crippen molar-refractivity contribution < 1.29 is 30.0 Å². The number of amides is 1. The second kappa shape index (κ2) is 10.2. The zero-order valence-electron chi connectivity index (χ0n) is 22.8. The highest BCUT2D eigenvalue weighted by Gasteiger charge is 2.65. The summed E-state index contributed by atoms with van der Waals surface area (Å²) in [6, 6.07) is -0.859. The van der Waals surface area contributed by atoms with Gasteiger partial charge in [0.25, 0.3) is 0 Å². The van der Waals surface area contributed by atoms with Gasteiger partial charge in [-0.15, -0.1) is 0 Å². The summed E-state index contributed by atoms with van der Waals surface area (Å²) in [6.45, 7) is 10.5. The lowest BCUT2D eigenvalue weighted by Gasteiger charge is -2.63. The van der Waals surface area contributed by atoms with Gasteiger partial charge in [0.2, 0.25) is 5.91 Å². The molecule has 4 saturated carbocycles. The third-order valence-corrected chi connectivity index (χ3v) is 11.6. The van der Waals surface area contributed by atoms with Crippen molar-refractivity contribution in [3.63, 3.8) is 0 Å². The van der Waals surface area contributed by atoms with Gasteiger partial charge in [0.1, 0.15) is 6.04 Å². The number of hydrogen-bond acceptors (Lipinski definition) is 5. The molecule has 0 spiro atoms. The largest absolute Gasteiger partial charge is 0.480 e. The molecule has 206 valence electrons. The Morgan fingerprint density at radius 1 is 0.889 bits per heavy atom. The molecule has 4 aliphatic carbocycles. The van der Waals surface area contributed by atoms with Crippen LogP contribution in [-0.2, 0) is 9.59 Å². The van der Waals surface area contributed by atoms with Crippen molar-refractivity contribution >= 4 is 11.9 Å². The lowest BCUT2D eigenvalue weighted by molar-refractivity contribution is -0.223. The SMILES string of the molecule is CC(C)[C@H](NC(=O)CC[C@@H](C)[C@H]1CC[C@H]2[C@@H]3[C@H](O)[C@H](O)[C@@H]4C[C@H](O)CC[C@]4(C)[C@H]3CC[C@]12C)C(=O)O. The highest BCUT2D eigenvalue weighted by atomic mass is 16.4. The van der Waals surface area contributed by atoms with Gasteiger partial charge in [0.15, 0.2) is 0 Å². The molecular weight excluding hydrogens is 458 g/mol. The molecule has 0 aromatic rings. The summed E-state index contributed by atoms with van der Waals surface area (Å²) in [5.41, 5.74) is 0.0272. The van der Waals surface area contributed by atoms with Crippen LogP contribution in [-0.4, -0.2) is 56.7 Å². The standard InChI is InChI=1S/C29H49NO6/c1-15(2)24(27(35)36)30-22(32)9-6-16(3)18-7-8-19-23-20(11-13-28(18,19)4)29(5)12-10-17(31)14-21(29)25(33)26(23)34/h15-21,23-26,31,33-34H,6-14H2,1-5H3,(H,30,32)(H,35,36)/t16-,17-,18-,19+,20+,21+,23+,24+,25-,26+,28-,29-/m1/s1. The lowest BCUT2D eigenvalue weighted by atomic mass is 9.43. The van der Waals surface area contributed by atoms with Crippen LogP contribution in [0.1, 0.15) is 92.4 Å². The Hall–Kier alpha value is -1.18. The first-order valence-electron chi connectivity index (χ1n) is 14.4. The molecule has 7 heteroatoms. The van der Waals surface area contributed by atoms with Crippen molar-refractivity contribution in [2.24, 2.45) is 52.3 Å². The summed E-state index contributed by atoms with van der Waals surface area (Å²) >= 11 is 0. The van der Waals surface area contributed by atoms with Gasteiger partial charge in [-0.3, -0.25) is 4.79 Å². The molecule has 1 amide bonds. The van der Waals surface area contributed by atoms with E-state index in [4.69, 9.17) is 0 Å². The van der Waals surface area contributed by atoms with Gasteiger partial charge >= 0.3 is 5.97 Å². The van der Waals surface area contributed by atoms with Crippen LogP contribution in [0.2, 0.25) is 0 Å². The highest BCUT2D eigenvalue weighted by Crippen LogP contribution is 2.68. The van der Waals surface area contributed by atoms with Gasteiger partial charge in [-0.1, -0.05) is 34.6 Å². The molecule has 7 nitrogen and oxygen atoms in total. The molecular formula is C29H49NO6. The van der Waals surface area contributed by atoms with Crippen molar-refractivity contribution in [3.8, 4) is 0 Å². The smallest absolute Gasteiger partial charge is 0.326 e. The van der Waals surface area contributed by atoms with E-state index in [1.54, 1.807) is 13.8 Å². The maximum absolute atomic E-state index is 12.6. The van der Waals surface area contributed by atoms with Gasteiger partial charge in [-0.05, 0) is 104 Å².